The third-order valence-electron chi connectivity index (χ3n) is 3.01. The summed E-state index contributed by atoms with van der Waals surface area (Å²) in [4.78, 5) is -0.260. The Morgan fingerprint density at radius 2 is 2.00 bits per heavy atom. The normalized spacial score (nSPS) is 17.8. The molecule has 1 aromatic heterocycles. The van der Waals surface area contributed by atoms with Crippen molar-refractivity contribution < 1.29 is 21.6 Å². The quantitative estimate of drug-likeness (QED) is 0.809. The molecule has 0 fully saturated rings. The maximum atomic E-state index is 12.8. The Labute approximate surface area is 109 Å². The molecule has 0 amide bonds. The van der Waals surface area contributed by atoms with E-state index in [1.807, 2.05) is 0 Å². The Kier molecular flexibility index (Phi) is 2.40. The van der Waals surface area contributed by atoms with Crippen LogP contribution in [0.5, 0.6) is 0 Å². The SMILES string of the molecule is N=c1sc2cc(C(F)(F)F)cc3c2n1CCS3(=O)=O. The van der Waals surface area contributed by atoms with Crippen LogP contribution in [0.15, 0.2) is 17.0 Å². The fraction of sp³-hybridized carbons (Fsp3) is 0.300. The second-order valence-corrected chi connectivity index (χ2v) is 7.30. The third-order valence-corrected chi connectivity index (χ3v) is 5.65. The minimum Gasteiger partial charge on any atom is -0.315 e. The Balaban J connectivity index is 2.51. The summed E-state index contributed by atoms with van der Waals surface area (Å²) in [7, 11) is -3.72. The molecule has 102 valence electrons. The first kappa shape index (κ1) is 12.7. The number of hydrogen-bond acceptors (Lipinski definition) is 4. The topological polar surface area (TPSA) is 62.9 Å². The van der Waals surface area contributed by atoms with Gasteiger partial charge in [0.1, 0.15) is 0 Å². The van der Waals surface area contributed by atoms with Crippen molar-refractivity contribution in [1.82, 2.24) is 4.57 Å². The first-order valence-corrected chi connectivity index (χ1v) is 7.69. The van der Waals surface area contributed by atoms with Gasteiger partial charge in [-0.15, -0.1) is 0 Å². The van der Waals surface area contributed by atoms with Gasteiger partial charge in [-0.25, -0.2) is 8.42 Å². The van der Waals surface area contributed by atoms with Crippen LogP contribution in [-0.2, 0) is 22.6 Å². The second-order valence-electron chi connectivity index (χ2n) is 4.20. The van der Waals surface area contributed by atoms with Crippen LogP contribution >= 0.6 is 11.3 Å². The number of sulfone groups is 1. The van der Waals surface area contributed by atoms with Gasteiger partial charge in [0.25, 0.3) is 0 Å². The average Bonchev–Trinajstić information content (AvgIpc) is 2.59. The second kappa shape index (κ2) is 3.60. The highest BCUT2D eigenvalue weighted by Crippen LogP contribution is 2.37. The first-order chi connectivity index (χ1) is 8.70. The molecule has 2 aromatic rings. The average molecular weight is 308 g/mol. The van der Waals surface area contributed by atoms with Gasteiger partial charge in [-0.3, -0.25) is 5.41 Å². The van der Waals surface area contributed by atoms with Gasteiger partial charge in [0.2, 0.25) is 0 Å². The summed E-state index contributed by atoms with van der Waals surface area (Å²) in [6.07, 6.45) is -4.60. The van der Waals surface area contributed by atoms with Crippen molar-refractivity contribution >= 4 is 31.4 Å². The molecule has 0 spiro atoms. The number of hydrogen-bond donors (Lipinski definition) is 1. The molecule has 4 nitrogen and oxygen atoms in total. The number of nitrogens with one attached hydrogen (secondary N) is 1. The van der Waals surface area contributed by atoms with Crippen molar-refractivity contribution in [1.29, 1.82) is 5.41 Å². The van der Waals surface area contributed by atoms with Gasteiger partial charge in [0, 0.05) is 6.54 Å². The van der Waals surface area contributed by atoms with Crippen LogP contribution in [0.4, 0.5) is 13.2 Å². The molecular weight excluding hydrogens is 301 g/mol. The monoisotopic (exact) mass is 308 g/mol. The number of benzene rings is 1. The largest absolute Gasteiger partial charge is 0.416 e. The van der Waals surface area contributed by atoms with E-state index in [1.54, 1.807) is 0 Å². The number of halogens is 3. The lowest BCUT2D eigenvalue weighted by atomic mass is 10.2. The summed E-state index contributed by atoms with van der Waals surface area (Å²) in [6, 6.07) is 1.57. The number of aromatic nitrogens is 1. The van der Waals surface area contributed by atoms with Crippen LogP contribution in [-0.4, -0.2) is 18.7 Å². The van der Waals surface area contributed by atoms with E-state index in [9.17, 15) is 21.6 Å². The molecule has 19 heavy (non-hydrogen) atoms. The Morgan fingerprint density at radius 3 is 2.63 bits per heavy atom. The highest BCUT2D eigenvalue weighted by Gasteiger charge is 2.35. The van der Waals surface area contributed by atoms with E-state index in [4.69, 9.17) is 5.41 Å². The van der Waals surface area contributed by atoms with E-state index in [1.165, 1.54) is 4.57 Å². The van der Waals surface area contributed by atoms with Crippen LogP contribution in [0.2, 0.25) is 0 Å². The van der Waals surface area contributed by atoms with Crippen LogP contribution in [0.3, 0.4) is 0 Å². The number of nitrogens with zero attached hydrogens (tertiary/aromatic N) is 1. The molecule has 9 heteroatoms. The lowest BCUT2D eigenvalue weighted by molar-refractivity contribution is -0.137. The van der Waals surface area contributed by atoms with Crippen LogP contribution in [0.25, 0.3) is 10.2 Å². The van der Waals surface area contributed by atoms with Gasteiger partial charge < -0.3 is 4.57 Å². The van der Waals surface area contributed by atoms with Gasteiger partial charge in [-0.1, -0.05) is 11.3 Å². The summed E-state index contributed by atoms with van der Waals surface area (Å²) < 4.78 is 63.7. The zero-order valence-corrected chi connectivity index (χ0v) is 10.9. The molecule has 0 saturated heterocycles. The van der Waals surface area contributed by atoms with Crippen molar-refractivity contribution in [3.63, 3.8) is 0 Å². The lowest BCUT2D eigenvalue weighted by Crippen LogP contribution is -2.25. The summed E-state index contributed by atoms with van der Waals surface area (Å²) in [5, 5.41) is 7.69. The van der Waals surface area contributed by atoms with Gasteiger partial charge in [-0.2, -0.15) is 13.2 Å². The molecule has 0 atom stereocenters. The third kappa shape index (κ3) is 1.79. The van der Waals surface area contributed by atoms with E-state index < -0.39 is 21.6 Å². The van der Waals surface area contributed by atoms with Crippen molar-refractivity contribution in [2.75, 3.05) is 5.75 Å². The predicted octanol–water partition coefficient (Wildman–Crippen LogP) is 1.99. The zero-order valence-electron chi connectivity index (χ0n) is 9.28. The highest BCUT2D eigenvalue weighted by molar-refractivity contribution is 7.91. The van der Waals surface area contributed by atoms with E-state index >= 15 is 0 Å². The van der Waals surface area contributed by atoms with Crippen molar-refractivity contribution in [3.8, 4) is 0 Å². The van der Waals surface area contributed by atoms with Gasteiger partial charge in [-0.05, 0) is 12.1 Å². The Morgan fingerprint density at radius 1 is 1.32 bits per heavy atom. The summed E-state index contributed by atoms with van der Waals surface area (Å²) in [5.74, 6) is -0.274. The number of aryl methyl sites for hydroxylation is 1. The maximum Gasteiger partial charge on any atom is 0.416 e. The smallest absolute Gasteiger partial charge is 0.315 e. The van der Waals surface area contributed by atoms with Crippen LogP contribution in [0, 0.1) is 5.41 Å². The Bertz CT molecular complexity index is 846. The van der Waals surface area contributed by atoms with Gasteiger partial charge in [0.15, 0.2) is 14.6 Å². The minimum absolute atomic E-state index is 0.0606. The summed E-state index contributed by atoms with van der Waals surface area (Å²) >= 11 is 0.854. The van der Waals surface area contributed by atoms with E-state index in [2.05, 4.69) is 0 Å². The molecule has 0 saturated carbocycles. The fourth-order valence-electron chi connectivity index (χ4n) is 2.12. The van der Waals surface area contributed by atoms with Gasteiger partial charge >= 0.3 is 6.18 Å². The van der Waals surface area contributed by atoms with Gasteiger partial charge in [0.05, 0.1) is 26.4 Å². The molecular formula is C10H7F3N2O2S2. The summed E-state index contributed by atoms with van der Waals surface area (Å²) in [5.41, 5.74) is -0.775. The summed E-state index contributed by atoms with van der Waals surface area (Å²) in [6.45, 7) is 0.111. The molecule has 0 unspecified atom stereocenters. The van der Waals surface area contributed by atoms with Crippen LogP contribution < -0.4 is 4.80 Å². The van der Waals surface area contributed by atoms with Crippen molar-refractivity contribution in [3.05, 3.63) is 22.5 Å². The number of thiazole rings is 1. The van der Waals surface area contributed by atoms with E-state index in [-0.39, 0.29) is 32.2 Å². The molecule has 1 aromatic carbocycles. The number of rotatable bonds is 0. The zero-order chi connectivity index (χ0) is 14.0. The van der Waals surface area contributed by atoms with Crippen molar-refractivity contribution in [2.45, 2.75) is 17.6 Å². The van der Waals surface area contributed by atoms with E-state index in [0.717, 1.165) is 17.4 Å². The van der Waals surface area contributed by atoms with E-state index in [0.29, 0.717) is 6.07 Å². The molecule has 1 aliphatic rings. The van der Waals surface area contributed by atoms with Crippen LogP contribution in [0.1, 0.15) is 5.56 Å². The highest BCUT2D eigenvalue weighted by atomic mass is 32.2. The first-order valence-electron chi connectivity index (χ1n) is 5.22. The molecule has 0 radical (unpaired) electrons. The molecule has 2 heterocycles. The maximum absolute atomic E-state index is 12.8. The minimum atomic E-state index is -4.60. The molecule has 3 rings (SSSR count). The standard InChI is InChI=1S/C10H7F3N2O2S2/c11-10(12,13)5-3-6-8-7(4-5)19(16,17)2-1-15(8)9(14)18-6/h3-4,14H,1-2H2. The molecule has 1 aliphatic heterocycles. The predicted molar refractivity (Wildman–Crippen MR) is 62.7 cm³/mol. The molecule has 0 aliphatic carbocycles. The fourth-order valence-corrected chi connectivity index (χ4v) is 4.65. The lowest BCUT2D eigenvalue weighted by Gasteiger charge is -2.17. The number of alkyl halides is 3. The molecule has 0 bridgehead atoms. The Hall–Kier alpha value is -1.35. The van der Waals surface area contributed by atoms with Crippen molar-refractivity contribution in [2.24, 2.45) is 0 Å². The molecule has 1 N–H and O–H groups in total.